The average Bonchev–Trinajstić information content (AvgIpc) is 2.98. The van der Waals surface area contributed by atoms with E-state index in [0.717, 1.165) is 16.7 Å². The molecule has 1 aliphatic heterocycles. The first-order valence-electron chi connectivity index (χ1n) is 14.4. The van der Waals surface area contributed by atoms with E-state index in [1.54, 1.807) is 0 Å². The summed E-state index contributed by atoms with van der Waals surface area (Å²) in [6.07, 6.45) is 1.51. The van der Waals surface area contributed by atoms with Crippen LogP contribution in [-0.4, -0.2) is 36.9 Å². The van der Waals surface area contributed by atoms with E-state index in [0.29, 0.717) is 39.3 Å². The molecule has 0 bridgehead atoms. The van der Waals surface area contributed by atoms with Gasteiger partial charge in [0.2, 0.25) is 5.91 Å². The normalized spacial score (nSPS) is 22.7. The van der Waals surface area contributed by atoms with Crippen LogP contribution in [-0.2, 0) is 43.6 Å². The zero-order valence-corrected chi connectivity index (χ0v) is 24.2. The van der Waals surface area contributed by atoms with Crippen molar-refractivity contribution in [3.05, 3.63) is 120 Å². The molecule has 4 rings (SSSR count). The van der Waals surface area contributed by atoms with Gasteiger partial charge in [0.25, 0.3) is 0 Å². The molecule has 0 saturated carbocycles. The van der Waals surface area contributed by atoms with E-state index < -0.39 is 11.5 Å². The van der Waals surface area contributed by atoms with Crippen LogP contribution in [0.25, 0.3) is 0 Å². The predicted octanol–water partition coefficient (Wildman–Crippen LogP) is 6.24. The van der Waals surface area contributed by atoms with Gasteiger partial charge in [-0.05, 0) is 29.5 Å². The topological polar surface area (TPSA) is 80.0 Å². The number of ether oxygens (including phenoxy) is 4. The first-order valence-corrected chi connectivity index (χ1v) is 14.4. The average molecular weight is 558 g/mol. The van der Waals surface area contributed by atoms with Crippen LogP contribution in [0.4, 0.5) is 0 Å². The smallest absolute Gasteiger partial charge is 0.223 e. The summed E-state index contributed by atoms with van der Waals surface area (Å²) in [5.41, 5.74) is 8.29. The first-order chi connectivity index (χ1) is 19.9. The van der Waals surface area contributed by atoms with Crippen LogP contribution in [0.3, 0.4) is 0 Å². The van der Waals surface area contributed by atoms with E-state index >= 15 is 0 Å². The molecule has 5 atom stereocenters. The second-order valence-electron chi connectivity index (χ2n) is 11.4. The fraction of sp³-hybridized carbons (Fsp3) is 0.400. The number of nitrogens with two attached hydrogens (primary N) is 1. The van der Waals surface area contributed by atoms with Gasteiger partial charge in [-0.15, -0.1) is 6.58 Å². The zero-order valence-electron chi connectivity index (χ0n) is 24.2. The van der Waals surface area contributed by atoms with Crippen molar-refractivity contribution < 1.29 is 23.7 Å². The highest BCUT2D eigenvalue weighted by Gasteiger charge is 2.49. The monoisotopic (exact) mass is 557 g/mol. The Hall–Kier alpha value is -3.29. The molecule has 3 aromatic carbocycles. The second-order valence-corrected chi connectivity index (χ2v) is 11.4. The minimum atomic E-state index is -0.761. The number of amides is 1. The van der Waals surface area contributed by atoms with Crippen molar-refractivity contribution in [2.24, 2.45) is 17.1 Å². The Morgan fingerprint density at radius 2 is 1.29 bits per heavy atom. The fourth-order valence-electron chi connectivity index (χ4n) is 5.36. The molecule has 1 fully saturated rings. The summed E-state index contributed by atoms with van der Waals surface area (Å²) in [4.78, 5) is 12.4. The van der Waals surface area contributed by atoms with Gasteiger partial charge in [-0.3, -0.25) is 4.79 Å². The van der Waals surface area contributed by atoms with Gasteiger partial charge >= 0.3 is 0 Å². The molecule has 6 heteroatoms. The highest BCUT2D eigenvalue weighted by Crippen LogP contribution is 2.40. The lowest BCUT2D eigenvalue weighted by molar-refractivity contribution is -0.248. The van der Waals surface area contributed by atoms with Gasteiger partial charge in [0.05, 0.1) is 38.6 Å². The maximum Gasteiger partial charge on any atom is 0.223 e. The summed E-state index contributed by atoms with van der Waals surface area (Å²) in [7, 11) is 0. The zero-order chi connectivity index (χ0) is 29.1. The van der Waals surface area contributed by atoms with Crippen molar-refractivity contribution in [1.82, 2.24) is 0 Å². The lowest BCUT2D eigenvalue weighted by Gasteiger charge is -2.48. The van der Waals surface area contributed by atoms with Crippen molar-refractivity contribution >= 4 is 5.91 Å². The summed E-state index contributed by atoms with van der Waals surface area (Å²) in [5.74, 6) is -0.517. The number of primary amides is 1. The summed E-state index contributed by atoms with van der Waals surface area (Å²) < 4.78 is 26.3. The number of carbonyl (C=O) groups is 1. The van der Waals surface area contributed by atoms with Gasteiger partial charge < -0.3 is 24.7 Å². The van der Waals surface area contributed by atoms with Gasteiger partial charge in [0, 0.05) is 11.3 Å². The molecule has 0 unspecified atom stereocenters. The molecule has 0 radical (unpaired) electrons. The SMILES string of the molecule is C=CC[C@H]1O[C@H](COCc2ccccc2)[C@@H](OCc2ccccc2)[C@H](OCc2ccccc2)[C@H]1CC(C)(C)C(N)=O. The number of carbonyl (C=O) groups excluding carboxylic acids is 1. The summed E-state index contributed by atoms with van der Waals surface area (Å²) >= 11 is 0. The fourth-order valence-corrected chi connectivity index (χ4v) is 5.36. The lowest BCUT2D eigenvalue weighted by Crippen LogP contribution is -2.58. The van der Waals surface area contributed by atoms with Crippen LogP contribution < -0.4 is 5.73 Å². The Balaban J connectivity index is 1.64. The van der Waals surface area contributed by atoms with Crippen molar-refractivity contribution in [2.75, 3.05) is 6.61 Å². The van der Waals surface area contributed by atoms with E-state index in [9.17, 15) is 4.79 Å². The van der Waals surface area contributed by atoms with E-state index in [4.69, 9.17) is 24.7 Å². The van der Waals surface area contributed by atoms with E-state index in [2.05, 4.69) is 6.58 Å². The minimum Gasteiger partial charge on any atom is -0.374 e. The van der Waals surface area contributed by atoms with Crippen LogP contribution in [0.2, 0.25) is 0 Å². The molecule has 3 aromatic rings. The first kappa shape index (κ1) is 30.7. The third-order valence-corrected chi connectivity index (χ3v) is 7.72. The van der Waals surface area contributed by atoms with Gasteiger partial charge in [-0.2, -0.15) is 0 Å². The molecule has 1 aliphatic rings. The van der Waals surface area contributed by atoms with Crippen LogP contribution in [0.1, 0.15) is 43.4 Å². The third-order valence-electron chi connectivity index (χ3n) is 7.72. The molecule has 1 amide bonds. The van der Waals surface area contributed by atoms with Crippen molar-refractivity contribution in [2.45, 2.75) is 70.9 Å². The van der Waals surface area contributed by atoms with Gasteiger partial charge in [0.15, 0.2) is 0 Å². The maximum atomic E-state index is 12.4. The molecule has 6 nitrogen and oxygen atoms in total. The Bertz CT molecular complexity index is 1200. The second kappa shape index (κ2) is 15.1. The van der Waals surface area contributed by atoms with Gasteiger partial charge in [-0.25, -0.2) is 0 Å². The Morgan fingerprint density at radius 3 is 1.78 bits per heavy atom. The van der Waals surface area contributed by atoms with Crippen molar-refractivity contribution in [3.63, 3.8) is 0 Å². The molecular weight excluding hydrogens is 514 g/mol. The Morgan fingerprint density at radius 1 is 0.805 bits per heavy atom. The van der Waals surface area contributed by atoms with Gasteiger partial charge in [0.1, 0.15) is 12.2 Å². The highest BCUT2D eigenvalue weighted by molar-refractivity contribution is 5.79. The van der Waals surface area contributed by atoms with Crippen molar-refractivity contribution in [1.29, 1.82) is 0 Å². The molecule has 2 N–H and O–H groups in total. The van der Waals surface area contributed by atoms with Crippen LogP contribution in [0.15, 0.2) is 104 Å². The Labute approximate surface area is 244 Å². The molecule has 41 heavy (non-hydrogen) atoms. The summed E-state index contributed by atoms with van der Waals surface area (Å²) in [6, 6.07) is 30.2. The lowest BCUT2D eigenvalue weighted by atomic mass is 9.73. The summed E-state index contributed by atoms with van der Waals surface area (Å²) in [6.45, 7) is 9.34. The quantitative estimate of drug-likeness (QED) is 0.224. The van der Waals surface area contributed by atoms with Crippen LogP contribution in [0, 0.1) is 11.3 Å². The molecule has 0 aromatic heterocycles. The molecule has 1 saturated heterocycles. The predicted molar refractivity (Wildman–Crippen MR) is 161 cm³/mol. The molecule has 0 aliphatic carbocycles. The van der Waals surface area contributed by atoms with Gasteiger partial charge in [-0.1, -0.05) is 111 Å². The van der Waals surface area contributed by atoms with E-state index in [1.807, 2.05) is 111 Å². The van der Waals surface area contributed by atoms with Crippen LogP contribution in [0.5, 0.6) is 0 Å². The molecule has 218 valence electrons. The van der Waals surface area contributed by atoms with Crippen LogP contribution >= 0.6 is 0 Å². The number of hydrogen-bond acceptors (Lipinski definition) is 5. The standard InChI is InChI=1S/C35H43NO5/c1-4-14-30-29(21-35(2,3)34(36)37)32(39-23-27-17-10-6-11-18-27)33(40-24-28-19-12-7-13-20-28)31(41-30)25-38-22-26-15-8-5-9-16-26/h4-13,15-20,29-33H,1,14,21-25H2,2-3H3,(H2,36,37)/t29-,30+,31+,32+,33+/m0/s1. The number of benzene rings is 3. The maximum absolute atomic E-state index is 12.4. The van der Waals surface area contributed by atoms with E-state index in [-0.39, 0.29) is 30.1 Å². The minimum absolute atomic E-state index is 0.162. The number of hydrogen-bond donors (Lipinski definition) is 1. The molecule has 0 spiro atoms. The van der Waals surface area contributed by atoms with E-state index in [1.165, 1.54) is 0 Å². The van der Waals surface area contributed by atoms with Crippen molar-refractivity contribution in [3.8, 4) is 0 Å². The third kappa shape index (κ3) is 8.85. The molecule has 1 heterocycles. The Kier molecular flexibility index (Phi) is 11.3. The molecular formula is C35H43NO5. The largest absolute Gasteiger partial charge is 0.374 e. The highest BCUT2D eigenvalue weighted by atomic mass is 16.6. The summed E-state index contributed by atoms with van der Waals surface area (Å²) in [5, 5.41) is 0. The number of rotatable bonds is 15.